The third kappa shape index (κ3) is 52.4. The number of halogens is 4. The topological polar surface area (TPSA) is 0 Å². The van der Waals surface area contributed by atoms with Crippen LogP contribution in [0.1, 0.15) is 0 Å². The van der Waals surface area contributed by atoms with Crippen molar-refractivity contribution in [2.24, 2.45) is 0 Å². The molecule has 38 valence electrons. The van der Waals surface area contributed by atoms with Gasteiger partial charge in [0.25, 0.3) is 0 Å². The molecule has 0 bridgehead atoms. The van der Waals surface area contributed by atoms with E-state index in [0.29, 0.717) is 0 Å². The second-order valence-electron chi connectivity index (χ2n) is 0.429. The van der Waals surface area contributed by atoms with Crippen molar-refractivity contribution in [3.8, 4) is 0 Å². The van der Waals surface area contributed by atoms with E-state index < -0.39 is 22.7 Å². The van der Waals surface area contributed by atoms with Crippen molar-refractivity contribution in [1.82, 2.24) is 0 Å². The van der Waals surface area contributed by atoms with Crippen LogP contribution < -0.4 is 0 Å². The summed E-state index contributed by atoms with van der Waals surface area (Å²) < 4.78 is 39.6. The van der Waals surface area contributed by atoms with Crippen LogP contribution in [0.4, 0.5) is 10.5 Å². The molecule has 0 aliphatic carbocycles. The van der Waals surface area contributed by atoms with Crippen LogP contribution in [0.15, 0.2) is 0 Å². The first kappa shape index (κ1) is 16.4. The van der Waals surface area contributed by atoms with Gasteiger partial charge in [0, 0.05) is 0 Å². The fourth-order valence-electron chi connectivity index (χ4n) is 0. The van der Waals surface area contributed by atoms with E-state index in [-0.39, 0.29) is 67.7 Å². The van der Waals surface area contributed by atoms with E-state index in [4.69, 9.17) is 0 Å². The fourth-order valence-corrected chi connectivity index (χ4v) is 0. The third-order valence-electron chi connectivity index (χ3n) is 0. The Morgan fingerprint density at radius 1 is 0.857 bits per heavy atom. The molecule has 0 rings (SSSR count). The van der Waals surface area contributed by atoms with Crippen molar-refractivity contribution >= 4 is 67.7 Å². The summed E-state index contributed by atoms with van der Waals surface area (Å²) in [5.41, 5.74) is 0. The van der Waals surface area contributed by atoms with Crippen molar-refractivity contribution in [2.75, 3.05) is 0 Å². The molecule has 0 nitrogen and oxygen atoms in total. The van der Waals surface area contributed by atoms with Crippen LogP contribution in [-0.2, 0) is 22.7 Å². The van der Waals surface area contributed by atoms with E-state index in [9.17, 15) is 10.5 Å². The molecule has 7 heavy (non-hydrogen) atoms. The SMILES string of the molecule is [BaH2].[F][Zr]([F])([F])[F].[LiH]. The zero-order valence-electron chi connectivity index (χ0n) is 2.01. The molecular weight excluding hydrogens is 311 g/mol. The van der Waals surface area contributed by atoms with Crippen molar-refractivity contribution in [3.63, 3.8) is 0 Å². The molecule has 0 amide bonds. The minimum absolute atomic E-state index is 0. The molecule has 0 unspecified atom stereocenters. The first-order chi connectivity index (χ1) is 2.00. The van der Waals surface area contributed by atoms with Gasteiger partial charge in [-0.25, -0.2) is 0 Å². The first-order valence-electron chi connectivity index (χ1n) is 0.756. The molecule has 0 saturated heterocycles. The summed E-state index contributed by atoms with van der Waals surface area (Å²) in [6.45, 7) is 0. The Morgan fingerprint density at radius 2 is 0.857 bits per heavy atom. The Hall–Kier alpha value is 2.77. The molecule has 0 heterocycles. The Labute approximate surface area is 98.6 Å². The zero-order chi connectivity index (χ0) is 4.50. The first-order valence-corrected chi connectivity index (χ1v) is 4.47. The summed E-state index contributed by atoms with van der Waals surface area (Å²) in [6.07, 6.45) is 0. The third-order valence-corrected chi connectivity index (χ3v) is 0. The zero-order valence-corrected chi connectivity index (χ0v) is 4.47. The number of rotatable bonds is 0. The summed E-state index contributed by atoms with van der Waals surface area (Å²) >= 11 is -7.18. The maximum absolute atomic E-state index is 9.90. The van der Waals surface area contributed by atoms with E-state index in [1.807, 2.05) is 0 Å². The van der Waals surface area contributed by atoms with E-state index >= 15 is 0 Å². The van der Waals surface area contributed by atoms with E-state index in [2.05, 4.69) is 0 Å². The quantitative estimate of drug-likeness (QED) is 0.440. The molecule has 0 spiro atoms. The minimum atomic E-state index is -7.18. The van der Waals surface area contributed by atoms with Crippen molar-refractivity contribution in [1.29, 1.82) is 0 Å². The average molecular weight is 315 g/mol. The van der Waals surface area contributed by atoms with Crippen LogP contribution in [0.25, 0.3) is 0 Å². The Morgan fingerprint density at radius 3 is 0.857 bits per heavy atom. The predicted octanol–water partition coefficient (Wildman–Crippen LogP) is 0.114. The van der Waals surface area contributed by atoms with E-state index in [1.54, 1.807) is 0 Å². The molecule has 0 N–H and O–H groups in total. The molecule has 0 aliphatic heterocycles. The summed E-state index contributed by atoms with van der Waals surface area (Å²) in [4.78, 5) is 0. The molecule has 0 radical (unpaired) electrons. The molecule has 7 heteroatoms. The summed E-state index contributed by atoms with van der Waals surface area (Å²) in [7, 11) is 0. The maximum atomic E-state index is 9.90. The summed E-state index contributed by atoms with van der Waals surface area (Å²) in [5.74, 6) is 0. The van der Waals surface area contributed by atoms with Crippen molar-refractivity contribution < 1.29 is 33.2 Å². The molecule has 0 aromatic heterocycles. The Balaban J connectivity index is -0.0000000800. The van der Waals surface area contributed by atoms with Gasteiger partial charge < -0.3 is 0 Å². The second kappa shape index (κ2) is 6.89. The molecule has 0 atom stereocenters. The van der Waals surface area contributed by atoms with Crippen LogP contribution in [0, 0.1) is 0 Å². The Kier molecular flexibility index (Phi) is 16.1. The van der Waals surface area contributed by atoms with Gasteiger partial charge in [-0.05, 0) is 0 Å². The summed E-state index contributed by atoms with van der Waals surface area (Å²) in [5, 5.41) is 0. The number of hydrogen-bond donors (Lipinski definition) is 0. The van der Waals surface area contributed by atoms with Gasteiger partial charge in [0.05, 0.1) is 0 Å². The van der Waals surface area contributed by atoms with Crippen LogP contribution in [0.3, 0.4) is 0 Å². The normalized spacial score (nSPS) is 8.57. The van der Waals surface area contributed by atoms with Crippen LogP contribution in [-0.4, -0.2) is 67.7 Å². The number of hydrogen-bond acceptors (Lipinski definition) is 0. The molecule has 0 fully saturated rings. The molecular formula is H3BaF4LiZr. The van der Waals surface area contributed by atoms with Gasteiger partial charge >= 0.3 is 101 Å². The van der Waals surface area contributed by atoms with Gasteiger partial charge in [0.2, 0.25) is 0 Å². The molecule has 0 aliphatic rings. The predicted molar refractivity (Wildman–Crippen MR) is 20.1 cm³/mol. The standard InChI is InChI=1S/Ba.4FH.Li.Zr.3H/h;4*1H;;;;;/q;;;;;;+4;;;/p-4. The van der Waals surface area contributed by atoms with E-state index in [0.717, 1.165) is 0 Å². The monoisotopic (exact) mass is 314 g/mol. The van der Waals surface area contributed by atoms with Crippen molar-refractivity contribution in [3.05, 3.63) is 0 Å². The van der Waals surface area contributed by atoms with E-state index in [1.165, 1.54) is 0 Å². The van der Waals surface area contributed by atoms with Gasteiger partial charge in [-0.1, -0.05) is 0 Å². The molecule has 0 saturated carbocycles. The van der Waals surface area contributed by atoms with Crippen LogP contribution >= 0.6 is 0 Å². The second-order valence-corrected chi connectivity index (χ2v) is 2.54. The summed E-state index contributed by atoms with van der Waals surface area (Å²) in [6, 6.07) is 0. The van der Waals surface area contributed by atoms with Crippen molar-refractivity contribution in [2.45, 2.75) is 0 Å². The van der Waals surface area contributed by atoms with Gasteiger partial charge in [-0.2, -0.15) is 0 Å². The van der Waals surface area contributed by atoms with Crippen LogP contribution in [0.2, 0.25) is 0 Å². The van der Waals surface area contributed by atoms with Gasteiger partial charge in [0.15, 0.2) is 0 Å². The Bertz CT molecular complexity index is 27.2. The van der Waals surface area contributed by atoms with Gasteiger partial charge in [0.1, 0.15) is 0 Å². The van der Waals surface area contributed by atoms with Gasteiger partial charge in [-0.3, -0.25) is 0 Å². The van der Waals surface area contributed by atoms with Crippen LogP contribution in [0.5, 0.6) is 0 Å². The fraction of sp³-hybridized carbons (Fsp3) is 0. The molecule has 0 aromatic carbocycles. The van der Waals surface area contributed by atoms with Gasteiger partial charge in [-0.15, -0.1) is 0 Å². The molecule has 0 aromatic rings. The average Bonchev–Trinajstić information content (AvgIpc) is 0.722.